The average molecular weight is 248 g/mol. The standard InChI is InChI=1S/C16H28N2/c1-3-4-5-6-7-8-11-15(17)14(2)16-12-9-10-13-18-16/h9-10,12-15H,3-8,11,17H2,1-2H3. The van der Waals surface area contributed by atoms with Crippen molar-refractivity contribution in [3.05, 3.63) is 30.1 Å². The lowest BCUT2D eigenvalue weighted by Gasteiger charge is -2.19. The number of aromatic nitrogens is 1. The number of pyridine rings is 1. The van der Waals surface area contributed by atoms with Gasteiger partial charge in [0.2, 0.25) is 0 Å². The van der Waals surface area contributed by atoms with Crippen LogP contribution in [0.15, 0.2) is 24.4 Å². The van der Waals surface area contributed by atoms with E-state index >= 15 is 0 Å². The van der Waals surface area contributed by atoms with Crippen molar-refractivity contribution in [2.45, 2.75) is 70.8 Å². The lowest BCUT2D eigenvalue weighted by molar-refractivity contribution is 0.481. The Morgan fingerprint density at radius 3 is 2.50 bits per heavy atom. The Hall–Kier alpha value is -0.890. The van der Waals surface area contributed by atoms with E-state index in [1.807, 2.05) is 18.3 Å². The monoisotopic (exact) mass is 248 g/mol. The molecule has 2 unspecified atom stereocenters. The molecular formula is C16H28N2. The second-order valence-electron chi connectivity index (χ2n) is 5.26. The van der Waals surface area contributed by atoms with Crippen LogP contribution in [-0.4, -0.2) is 11.0 Å². The molecule has 1 aromatic rings. The third-order valence-electron chi connectivity index (χ3n) is 3.69. The van der Waals surface area contributed by atoms with Gasteiger partial charge in [-0.3, -0.25) is 4.98 Å². The lowest BCUT2D eigenvalue weighted by atomic mass is 9.93. The molecule has 0 aliphatic heterocycles. The summed E-state index contributed by atoms with van der Waals surface area (Å²) in [5.74, 6) is 0.363. The van der Waals surface area contributed by atoms with Gasteiger partial charge in [0.05, 0.1) is 0 Å². The number of unbranched alkanes of at least 4 members (excludes halogenated alkanes) is 5. The molecule has 0 radical (unpaired) electrons. The highest BCUT2D eigenvalue weighted by atomic mass is 14.7. The maximum absolute atomic E-state index is 6.25. The van der Waals surface area contributed by atoms with Crippen LogP contribution in [0.3, 0.4) is 0 Å². The molecule has 0 bridgehead atoms. The molecule has 0 saturated carbocycles. The van der Waals surface area contributed by atoms with Gasteiger partial charge in [-0.25, -0.2) is 0 Å². The molecule has 0 fully saturated rings. The fourth-order valence-corrected chi connectivity index (χ4v) is 2.28. The Morgan fingerprint density at radius 1 is 1.11 bits per heavy atom. The summed E-state index contributed by atoms with van der Waals surface area (Å²) in [5, 5.41) is 0. The Labute approximate surface area is 112 Å². The molecule has 1 aromatic heterocycles. The third kappa shape index (κ3) is 5.63. The van der Waals surface area contributed by atoms with E-state index in [2.05, 4.69) is 24.9 Å². The van der Waals surface area contributed by atoms with Crippen LogP contribution in [0.4, 0.5) is 0 Å². The fraction of sp³-hybridized carbons (Fsp3) is 0.688. The number of rotatable bonds is 9. The van der Waals surface area contributed by atoms with Gasteiger partial charge in [0.1, 0.15) is 0 Å². The maximum Gasteiger partial charge on any atom is 0.0447 e. The second-order valence-corrected chi connectivity index (χ2v) is 5.26. The van der Waals surface area contributed by atoms with Gasteiger partial charge in [-0.05, 0) is 18.6 Å². The summed E-state index contributed by atoms with van der Waals surface area (Å²) in [4.78, 5) is 4.39. The van der Waals surface area contributed by atoms with Gasteiger partial charge >= 0.3 is 0 Å². The van der Waals surface area contributed by atoms with Crippen LogP contribution in [0, 0.1) is 0 Å². The molecule has 0 saturated heterocycles. The fourth-order valence-electron chi connectivity index (χ4n) is 2.28. The van der Waals surface area contributed by atoms with Gasteiger partial charge in [-0.2, -0.15) is 0 Å². The molecule has 0 spiro atoms. The van der Waals surface area contributed by atoms with Gasteiger partial charge in [0.15, 0.2) is 0 Å². The van der Waals surface area contributed by atoms with E-state index in [-0.39, 0.29) is 6.04 Å². The van der Waals surface area contributed by atoms with Gasteiger partial charge in [0.25, 0.3) is 0 Å². The van der Waals surface area contributed by atoms with Crippen LogP contribution in [0.2, 0.25) is 0 Å². The van der Waals surface area contributed by atoms with Crippen LogP contribution in [0.25, 0.3) is 0 Å². The van der Waals surface area contributed by atoms with Gasteiger partial charge < -0.3 is 5.73 Å². The van der Waals surface area contributed by atoms with Gasteiger partial charge in [-0.1, -0.05) is 58.4 Å². The van der Waals surface area contributed by atoms with Crippen molar-refractivity contribution in [2.75, 3.05) is 0 Å². The summed E-state index contributed by atoms with van der Waals surface area (Å²) in [6.45, 7) is 4.44. The highest BCUT2D eigenvalue weighted by Gasteiger charge is 2.15. The molecule has 102 valence electrons. The molecule has 1 heterocycles. The molecule has 1 rings (SSSR count). The summed E-state index contributed by atoms with van der Waals surface area (Å²) in [6, 6.07) is 6.31. The van der Waals surface area contributed by atoms with E-state index in [0.717, 1.165) is 12.1 Å². The summed E-state index contributed by atoms with van der Waals surface area (Å²) >= 11 is 0. The SMILES string of the molecule is CCCCCCCCC(N)C(C)c1ccccn1. The second kappa shape index (κ2) is 9.09. The normalized spacial score (nSPS) is 14.4. The van der Waals surface area contributed by atoms with Crippen molar-refractivity contribution >= 4 is 0 Å². The number of hydrogen-bond acceptors (Lipinski definition) is 2. The topological polar surface area (TPSA) is 38.9 Å². The highest BCUT2D eigenvalue weighted by Crippen LogP contribution is 2.19. The van der Waals surface area contributed by atoms with E-state index in [4.69, 9.17) is 5.73 Å². The minimum absolute atomic E-state index is 0.242. The average Bonchev–Trinajstić information content (AvgIpc) is 2.42. The van der Waals surface area contributed by atoms with E-state index in [0.29, 0.717) is 5.92 Å². The van der Waals surface area contributed by atoms with Gasteiger partial charge in [0, 0.05) is 23.9 Å². The largest absolute Gasteiger partial charge is 0.327 e. The van der Waals surface area contributed by atoms with Crippen LogP contribution in [-0.2, 0) is 0 Å². The molecule has 18 heavy (non-hydrogen) atoms. The Kier molecular flexibility index (Phi) is 7.66. The molecule has 0 aliphatic rings. The molecule has 0 aromatic carbocycles. The molecule has 0 amide bonds. The van der Waals surface area contributed by atoms with E-state index in [9.17, 15) is 0 Å². The number of hydrogen-bond donors (Lipinski definition) is 1. The predicted octanol–water partition coefficient (Wildman–Crippen LogP) is 4.26. The van der Waals surface area contributed by atoms with Crippen molar-refractivity contribution in [3.63, 3.8) is 0 Å². The minimum atomic E-state index is 0.242. The Balaban J connectivity index is 2.18. The van der Waals surface area contributed by atoms with Crippen molar-refractivity contribution in [1.82, 2.24) is 4.98 Å². The Morgan fingerprint density at radius 2 is 1.83 bits per heavy atom. The molecule has 2 atom stereocenters. The van der Waals surface area contributed by atoms with Crippen LogP contribution in [0.5, 0.6) is 0 Å². The molecule has 2 nitrogen and oxygen atoms in total. The molecule has 2 N–H and O–H groups in total. The zero-order valence-corrected chi connectivity index (χ0v) is 11.9. The molecular weight excluding hydrogens is 220 g/mol. The minimum Gasteiger partial charge on any atom is -0.327 e. The highest BCUT2D eigenvalue weighted by molar-refractivity contribution is 5.10. The molecule has 2 heteroatoms. The summed E-state index contributed by atoms with van der Waals surface area (Å²) in [5.41, 5.74) is 7.37. The summed E-state index contributed by atoms with van der Waals surface area (Å²) in [6.07, 6.45) is 11.0. The van der Waals surface area contributed by atoms with Crippen molar-refractivity contribution in [3.8, 4) is 0 Å². The van der Waals surface area contributed by atoms with Crippen molar-refractivity contribution in [1.29, 1.82) is 0 Å². The van der Waals surface area contributed by atoms with E-state index in [1.165, 1.54) is 38.5 Å². The van der Waals surface area contributed by atoms with Crippen molar-refractivity contribution in [2.24, 2.45) is 5.73 Å². The first-order valence-corrected chi connectivity index (χ1v) is 7.42. The quantitative estimate of drug-likeness (QED) is 0.663. The number of nitrogens with two attached hydrogens (primary N) is 1. The number of nitrogens with zero attached hydrogens (tertiary/aromatic N) is 1. The predicted molar refractivity (Wildman–Crippen MR) is 78.6 cm³/mol. The first-order chi connectivity index (χ1) is 8.75. The summed E-state index contributed by atoms with van der Waals surface area (Å²) < 4.78 is 0. The van der Waals surface area contributed by atoms with Crippen LogP contribution in [0.1, 0.15) is 70.4 Å². The van der Waals surface area contributed by atoms with Crippen molar-refractivity contribution < 1.29 is 0 Å². The lowest BCUT2D eigenvalue weighted by Crippen LogP contribution is -2.27. The smallest absolute Gasteiger partial charge is 0.0447 e. The van der Waals surface area contributed by atoms with Crippen LogP contribution < -0.4 is 5.73 Å². The van der Waals surface area contributed by atoms with E-state index in [1.54, 1.807) is 0 Å². The Bertz CT molecular complexity index is 297. The zero-order chi connectivity index (χ0) is 13.2. The third-order valence-corrected chi connectivity index (χ3v) is 3.69. The first-order valence-electron chi connectivity index (χ1n) is 7.42. The molecule has 0 aliphatic carbocycles. The maximum atomic E-state index is 6.25. The van der Waals surface area contributed by atoms with Crippen LogP contribution >= 0.6 is 0 Å². The van der Waals surface area contributed by atoms with E-state index < -0.39 is 0 Å². The first kappa shape index (κ1) is 15.2. The zero-order valence-electron chi connectivity index (χ0n) is 11.9. The van der Waals surface area contributed by atoms with Gasteiger partial charge in [-0.15, -0.1) is 0 Å². The summed E-state index contributed by atoms with van der Waals surface area (Å²) in [7, 11) is 0.